The van der Waals surface area contributed by atoms with Gasteiger partial charge in [-0.15, -0.1) is 11.3 Å². The first-order chi connectivity index (χ1) is 13.7. The van der Waals surface area contributed by atoms with Crippen molar-refractivity contribution in [3.63, 3.8) is 0 Å². The maximum Gasteiger partial charge on any atom is 0.372 e. The van der Waals surface area contributed by atoms with Crippen LogP contribution in [0.2, 0.25) is 0 Å². The molecule has 0 saturated carbocycles. The largest absolute Gasteiger partial charge is 0.475 e. The van der Waals surface area contributed by atoms with Crippen LogP contribution in [0, 0.1) is 0 Å². The maximum atomic E-state index is 11.6. The number of furan rings is 1. The molecule has 4 aromatic rings. The van der Waals surface area contributed by atoms with Crippen molar-refractivity contribution in [2.45, 2.75) is 6.54 Å². The van der Waals surface area contributed by atoms with Crippen LogP contribution in [0.15, 0.2) is 46.5 Å². The van der Waals surface area contributed by atoms with E-state index in [0.717, 1.165) is 53.2 Å². The number of benzene rings is 1. The lowest BCUT2D eigenvalue weighted by atomic mass is 10.1. The zero-order chi connectivity index (χ0) is 19.1. The number of aromatic nitrogens is 2. The van der Waals surface area contributed by atoms with E-state index in [-0.39, 0.29) is 5.76 Å². The van der Waals surface area contributed by atoms with E-state index in [0.29, 0.717) is 12.1 Å². The zero-order valence-corrected chi connectivity index (χ0v) is 15.9. The van der Waals surface area contributed by atoms with Gasteiger partial charge in [0.15, 0.2) is 0 Å². The molecule has 7 nitrogen and oxygen atoms in total. The fourth-order valence-electron chi connectivity index (χ4n) is 3.80. The van der Waals surface area contributed by atoms with Gasteiger partial charge in [0.05, 0.1) is 5.39 Å². The Morgan fingerprint density at radius 1 is 1.11 bits per heavy atom. The third-order valence-corrected chi connectivity index (χ3v) is 6.01. The molecule has 0 radical (unpaired) electrons. The lowest BCUT2D eigenvalue weighted by Gasteiger charge is -2.35. The molecule has 1 N–H and O–H groups in total. The quantitative estimate of drug-likeness (QED) is 0.567. The van der Waals surface area contributed by atoms with Crippen molar-refractivity contribution >= 4 is 44.3 Å². The molecule has 1 aliphatic heterocycles. The van der Waals surface area contributed by atoms with Crippen molar-refractivity contribution in [1.82, 2.24) is 14.9 Å². The molecule has 0 aliphatic carbocycles. The second kappa shape index (κ2) is 6.88. The Bertz CT molecular complexity index is 1160. The van der Waals surface area contributed by atoms with Crippen molar-refractivity contribution in [2.24, 2.45) is 0 Å². The van der Waals surface area contributed by atoms with E-state index in [1.54, 1.807) is 17.7 Å². The molecular formula is C20H18N4O3S. The molecule has 0 spiro atoms. The summed E-state index contributed by atoms with van der Waals surface area (Å²) in [5.74, 6) is -0.00373. The molecule has 4 heterocycles. The number of carboxylic acids is 1. The predicted molar refractivity (Wildman–Crippen MR) is 108 cm³/mol. The van der Waals surface area contributed by atoms with Crippen LogP contribution < -0.4 is 4.90 Å². The van der Waals surface area contributed by atoms with Crippen molar-refractivity contribution in [3.8, 4) is 0 Å². The number of thiophene rings is 1. The average molecular weight is 394 g/mol. The molecule has 142 valence electrons. The zero-order valence-electron chi connectivity index (χ0n) is 15.0. The molecule has 1 aromatic carbocycles. The highest BCUT2D eigenvalue weighted by atomic mass is 32.1. The summed E-state index contributed by atoms with van der Waals surface area (Å²) in [7, 11) is 0. The average Bonchev–Trinajstić information content (AvgIpc) is 3.34. The molecule has 1 saturated heterocycles. The van der Waals surface area contributed by atoms with Gasteiger partial charge in [0.2, 0.25) is 5.76 Å². The molecule has 0 amide bonds. The Kier molecular flexibility index (Phi) is 4.22. The normalized spacial score (nSPS) is 15.5. The standard InChI is InChI=1S/C20H18N4O3S/c25-20(26)17-15(13-3-1-2-4-16(13)27-17)11-23-6-8-24(9-7-23)18-14-5-10-28-19(14)22-12-21-18/h1-5,10,12H,6-9,11H2,(H,25,26). The molecule has 28 heavy (non-hydrogen) atoms. The van der Waals surface area contributed by atoms with Gasteiger partial charge in [-0.3, -0.25) is 4.90 Å². The number of anilines is 1. The first-order valence-corrected chi connectivity index (χ1v) is 9.98. The molecule has 0 atom stereocenters. The molecule has 1 aliphatic rings. The SMILES string of the molecule is O=C(O)c1oc2ccccc2c1CN1CCN(c2ncnc3sccc23)CC1. The minimum atomic E-state index is -1.02. The second-order valence-electron chi connectivity index (χ2n) is 6.81. The number of hydrogen-bond donors (Lipinski definition) is 1. The molecule has 3 aromatic heterocycles. The van der Waals surface area contributed by atoms with E-state index < -0.39 is 5.97 Å². The summed E-state index contributed by atoms with van der Waals surface area (Å²) in [6.45, 7) is 3.88. The first kappa shape index (κ1) is 17.2. The van der Waals surface area contributed by atoms with E-state index in [9.17, 15) is 9.90 Å². The molecule has 0 bridgehead atoms. The van der Waals surface area contributed by atoms with Gasteiger partial charge in [0.25, 0.3) is 0 Å². The number of carboxylic acid groups (broad SMARTS) is 1. The van der Waals surface area contributed by atoms with E-state index in [1.165, 1.54) is 0 Å². The topological polar surface area (TPSA) is 82.7 Å². The first-order valence-electron chi connectivity index (χ1n) is 9.10. The number of piperazine rings is 1. The van der Waals surface area contributed by atoms with Crippen LogP contribution in [0.3, 0.4) is 0 Å². The minimum absolute atomic E-state index is 0.0411. The van der Waals surface area contributed by atoms with Gasteiger partial charge in [-0.05, 0) is 17.5 Å². The van der Waals surface area contributed by atoms with E-state index in [2.05, 4.69) is 25.8 Å². The highest BCUT2D eigenvalue weighted by Crippen LogP contribution is 2.29. The molecular weight excluding hydrogens is 376 g/mol. The van der Waals surface area contributed by atoms with Crippen molar-refractivity contribution in [1.29, 1.82) is 0 Å². The number of nitrogens with zero attached hydrogens (tertiary/aromatic N) is 4. The van der Waals surface area contributed by atoms with Crippen molar-refractivity contribution in [3.05, 3.63) is 53.4 Å². The maximum absolute atomic E-state index is 11.6. The highest BCUT2D eigenvalue weighted by Gasteiger charge is 2.25. The summed E-state index contributed by atoms with van der Waals surface area (Å²) in [5, 5.41) is 13.5. The molecule has 0 unspecified atom stereocenters. The second-order valence-corrected chi connectivity index (χ2v) is 7.71. The van der Waals surface area contributed by atoms with Crippen molar-refractivity contribution in [2.75, 3.05) is 31.1 Å². The van der Waals surface area contributed by atoms with Crippen LogP contribution in [-0.4, -0.2) is 52.1 Å². The van der Waals surface area contributed by atoms with E-state index in [4.69, 9.17) is 4.42 Å². The van der Waals surface area contributed by atoms with Crippen LogP contribution in [-0.2, 0) is 6.54 Å². The summed E-state index contributed by atoms with van der Waals surface area (Å²) in [6.07, 6.45) is 1.62. The smallest absolute Gasteiger partial charge is 0.372 e. The minimum Gasteiger partial charge on any atom is -0.475 e. The van der Waals surface area contributed by atoms with Crippen LogP contribution in [0.25, 0.3) is 21.2 Å². The lowest BCUT2D eigenvalue weighted by molar-refractivity contribution is 0.0661. The highest BCUT2D eigenvalue weighted by molar-refractivity contribution is 7.16. The third kappa shape index (κ3) is 2.90. The summed E-state index contributed by atoms with van der Waals surface area (Å²) in [5.41, 5.74) is 1.37. The van der Waals surface area contributed by atoms with Gasteiger partial charge >= 0.3 is 5.97 Å². The van der Waals surface area contributed by atoms with E-state index in [1.807, 2.05) is 29.6 Å². The van der Waals surface area contributed by atoms with Crippen LogP contribution in [0.4, 0.5) is 5.82 Å². The lowest BCUT2D eigenvalue weighted by Crippen LogP contribution is -2.46. The third-order valence-electron chi connectivity index (χ3n) is 5.19. The summed E-state index contributed by atoms with van der Waals surface area (Å²) in [4.78, 5) is 26.0. The number of aromatic carboxylic acids is 1. The predicted octanol–water partition coefficient (Wildman–Crippen LogP) is 3.46. The van der Waals surface area contributed by atoms with Gasteiger partial charge < -0.3 is 14.4 Å². The Labute approximate surface area is 164 Å². The summed E-state index contributed by atoms with van der Waals surface area (Å²) < 4.78 is 5.58. The van der Waals surface area contributed by atoms with Gasteiger partial charge in [-0.25, -0.2) is 14.8 Å². The van der Waals surface area contributed by atoms with Crippen LogP contribution >= 0.6 is 11.3 Å². The van der Waals surface area contributed by atoms with Gasteiger partial charge in [0.1, 0.15) is 22.6 Å². The van der Waals surface area contributed by atoms with Gasteiger partial charge in [0, 0.05) is 43.7 Å². The molecule has 5 rings (SSSR count). The van der Waals surface area contributed by atoms with Crippen LogP contribution in [0.1, 0.15) is 16.1 Å². The monoisotopic (exact) mass is 394 g/mol. The Hall–Kier alpha value is -2.97. The fraction of sp³-hybridized carbons (Fsp3) is 0.250. The number of fused-ring (bicyclic) bond motifs is 2. The Morgan fingerprint density at radius 2 is 1.93 bits per heavy atom. The fourth-order valence-corrected chi connectivity index (χ4v) is 4.53. The number of rotatable bonds is 4. The number of hydrogen-bond acceptors (Lipinski definition) is 7. The summed E-state index contributed by atoms with van der Waals surface area (Å²) >= 11 is 1.62. The number of para-hydroxylation sites is 1. The van der Waals surface area contributed by atoms with Crippen molar-refractivity contribution < 1.29 is 14.3 Å². The summed E-state index contributed by atoms with van der Waals surface area (Å²) in [6, 6.07) is 9.56. The Morgan fingerprint density at radius 3 is 2.75 bits per heavy atom. The van der Waals surface area contributed by atoms with E-state index >= 15 is 0 Å². The van der Waals surface area contributed by atoms with Gasteiger partial charge in [-0.1, -0.05) is 18.2 Å². The number of carbonyl (C=O) groups is 1. The Balaban J connectivity index is 1.36. The molecule has 8 heteroatoms. The van der Waals surface area contributed by atoms with Crippen LogP contribution in [0.5, 0.6) is 0 Å². The molecule has 1 fully saturated rings. The van der Waals surface area contributed by atoms with Gasteiger partial charge in [-0.2, -0.15) is 0 Å².